The van der Waals surface area contributed by atoms with Gasteiger partial charge in [0.2, 0.25) is 0 Å². The number of carboxylic acid groups (broad SMARTS) is 1. The topological polar surface area (TPSA) is 146 Å². The van der Waals surface area contributed by atoms with Gasteiger partial charge in [-0.25, -0.2) is 15.3 Å². The number of hydrogen-bond donors (Lipinski definition) is 4. The number of carbonyl (C=O) groups is 3. The Hall–Kier alpha value is -2.38. The van der Waals surface area contributed by atoms with Crippen molar-refractivity contribution in [1.29, 1.82) is 0 Å². The van der Waals surface area contributed by atoms with E-state index in [0.717, 1.165) is 11.3 Å². The summed E-state index contributed by atoms with van der Waals surface area (Å²) in [6.45, 7) is 2.47. The van der Waals surface area contributed by atoms with Crippen LogP contribution in [-0.4, -0.2) is 72.3 Å². The number of aromatic carboxylic acids is 1. The fourth-order valence-electron chi connectivity index (χ4n) is 3.35. The Morgan fingerprint density at radius 1 is 1.25 bits per heavy atom. The summed E-state index contributed by atoms with van der Waals surface area (Å²) in [4.78, 5) is 49.5. The molecule has 3 heterocycles. The van der Waals surface area contributed by atoms with E-state index in [1.165, 1.54) is 14.2 Å². The average molecular weight is 506 g/mol. The number of ether oxygens (including phenoxy) is 1. The standard InChI is InChI=1S/C18H21Cl2N5O6S/c1-7-10(19)11(20)12(21-7)15(26)22-8-4-5-25(6-9(8)30-2)18-23-13(16(27)24-31-3)14(32-18)17(28)29/h8-9,21H,4-6H2,1-3H3,(H,22,26)(H,24,27)(H,28,29)/t8-,9+/m1/s1. The first kappa shape index (κ1) is 24.3. The minimum Gasteiger partial charge on any atom is -0.477 e. The first-order chi connectivity index (χ1) is 15.2. The number of aryl methyl sites for hydroxylation is 1. The van der Waals surface area contributed by atoms with E-state index in [2.05, 4.69) is 25.6 Å². The molecule has 4 N–H and O–H groups in total. The number of piperidine rings is 1. The smallest absolute Gasteiger partial charge is 0.348 e. The van der Waals surface area contributed by atoms with Crippen LogP contribution in [-0.2, 0) is 9.57 Å². The molecule has 0 aliphatic carbocycles. The van der Waals surface area contributed by atoms with Crippen molar-refractivity contribution in [1.82, 2.24) is 20.8 Å². The molecule has 0 unspecified atom stereocenters. The van der Waals surface area contributed by atoms with Gasteiger partial charge < -0.3 is 25.0 Å². The molecule has 2 aromatic heterocycles. The van der Waals surface area contributed by atoms with Crippen molar-refractivity contribution < 1.29 is 29.1 Å². The Labute approximate surface area is 196 Å². The van der Waals surface area contributed by atoms with Crippen molar-refractivity contribution in [3.8, 4) is 0 Å². The van der Waals surface area contributed by atoms with Gasteiger partial charge in [-0.05, 0) is 13.3 Å². The molecule has 1 aliphatic rings. The summed E-state index contributed by atoms with van der Waals surface area (Å²) in [6, 6.07) is -0.336. The summed E-state index contributed by atoms with van der Waals surface area (Å²) >= 11 is 13.1. The summed E-state index contributed by atoms with van der Waals surface area (Å²) < 4.78 is 5.56. The predicted molar refractivity (Wildman–Crippen MR) is 118 cm³/mol. The number of amides is 2. The molecule has 0 bridgehead atoms. The van der Waals surface area contributed by atoms with Gasteiger partial charge in [-0.15, -0.1) is 0 Å². The average Bonchev–Trinajstić information content (AvgIpc) is 3.32. The van der Waals surface area contributed by atoms with E-state index in [4.69, 9.17) is 27.9 Å². The summed E-state index contributed by atoms with van der Waals surface area (Å²) in [5, 5.41) is 13.1. The fraction of sp³-hybridized carbons (Fsp3) is 0.444. The van der Waals surface area contributed by atoms with E-state index < -0.39 is 23.9 Å². The van der Waals surface area contributed by atoms with E-state index in [9.17, 15) is 19.5 Å². The fourth-order valence-corrected chi connectivity index (χ4v) is 4.70. The first-order valence-corrected chi connectivity index (χ1v) is 10.9. The lowest BCUT2D eigenvalue weighted by Gasteiger charge is -2.37. The number of halogens is 2. The molecule has 0 aromatic carbocycles. The third-order valence-electron chi connectivity index (χ3n) is 4.95. The lowest BCUT2D eigenvalue weighted by Crippen LogP contribution is -2.55. The van der Waals surface area contributed by atoms with Gasteiger partial charge in [0, 0.05) is 25.9 Å². The van der Waals surface area contributed by atoms with E-state index in [1.807, 2.05) is 0 Å². The lowest BCUT2D eigenvalue weighted by molar-refractivity contribution is 0.0522. The number of aromatic amines is 1. The molecule has 0 radical (unpaired) electrons. The van der Waals surface area contributed by atoms with Crippen LogP contribution in [0, 0.1) is 6.92 Å². The zero-order valence-corrected chi connectivity index (χ0v) is 19.7. The van der Waals surface area contributed by atoms with Crippen LogP contribution in [0.15, 0.2) is 0 Å². The minimum atomic E-state index is -1.27. The second-order valence-corrected chi connectivity index (χ2v) is 8.69. The van der Waals surface area contributed by atoms with E-state index in [0.29, 0.717) is 35.4 Å². The third-order valence-corrected chi connectivity index (χ3v) is 7.00. The Balaban J connectivity index is 1.75. The van der Waals surface area contributed by atoms with Gasteiger partial charge in [0.05, 0.1) is 29.3 Å². The molecule has 2 atom stereocenters. The zero-order valence-electron chi connectivity index (χ0n) is 17.3. The Morgan fingerprint density at radius 3 is 2.53 bits per heavy atom. The molecule has 32 heavy (non-hydrogen) atoms. The number of nitrogens with one attached hydrogen (secondary N) is 3. The van der Waals surface area contributed by atoms with Crippen LogP contribution in [0.2, 0.25) is 10.0 Å². The number of rotatable bonds is 7. The van der Waals surface area contributed by atoms with Gasteiger partial charge >= 0.3 is 5.97 Å². The monoisotopic (exact) mass is 505 g/mol. The Kier molecular flexibility index (Phi) is 7.62. The molecule has 14 heteroatoms. The van der Waals surface area contributed by atoms with Gasteiger partial charge in [0.25, 0.3) is 11.8 Å². The number of carbonyl (C=O) groups excluding carboxylic acids is 2. The highest BCUT2D eigenvalue weighted by Crippen LogP contribution is 2.31. The van der Waals surface area contributed by atoms with Crippen LogP contribution in [0.3, 0.4) is 0 Å². The maximum atomic E-state index is 12.7. The molecule has 11 nitrogen and oxygen atoms in total. The molecule has 2 amide bonds. The highest BCUT2D eigenvalue weighted by atomic mass is 35.5. The quantitative estimate of drug-likeness (QED) is 0.418. The number of H-pyrrole nitrogens is 1. The molecule has 1 aliphatic heterocycles. The second-order valence-electron chi connectivity index (χ2n) is 6.96. The number of nitrogens with zero attached hydrogens (tertiary/aromatic N) is 2. The number of anilines is 1. The van der Waals surface area contributed by atoms with Crippen LogP contribution in [0.5, 0.6) is 0 Å². The molecule has 1 saturated heterocycles. The van der Waals surface area contributed by atoms with E-state index >= 15 is 0 Å². The lowest BCUT2D eigenvalue weighted by atomic mass is 10.0. The number of hydrogen-bond acceptors (Lipinski definition) is 8. The predicted octanol–water partition coefficient (Wildman–Crippen LogP) is 2.10. The van der Waals surface area contributed by atoms with Crippen LogP contribution in [0.4, 0.5) is 5.13 Å². The third kappa shape index (κ3) is 4.84. The SMILES string of the molecule is CONC(=O)c1nc(N2CC[C@@H](NC(=O)c3[nH]c(C)c(Cl)c3Cl)[C@@H](OC)C2)sc1C(=O)O. The number of aromatic nitrogens is 2. The van der Waals surface area contributed by atoms with Gasteiger partial charge in [0.15, 0.2) is 10.8 Å². The second kappa shape index (κ2) is 10.0. The van der Waals surface area contributed by atoms with E-state index in [-0.39, 0.29) is 27.3 Å². The van der Waals surface area contributed by atoms with E-state index in [1.54, 1.807) is 11.8 Å². The van der Waals surface area contributed by atoms with Crippen LogP contribution in [0.25, 0.3) is 0 Å². The minimum absolute atomic E-state index is 0.152. The van der Waals surface area contributed by atoms with Gasteiger partial charge in [-0.3, -0.25) is 14.4 Å². The van der Waals surface area contributed by atoms with Crippen molar-refractivity contribution in [3.05, 3.63) is 32.0 Å². The molecule has 1 fully saturated rings. The maximum Gasteiger partial charge on any atom is 0.348 e. The first-order valence-electron chi connectivity index (χ1n) is 9.37. The van der Waals surface area contributed by atoms with Crippen LogP contribution >= 0.6 is 34.5 Å². The summed E-state index contributed by atoms with van der Waals surface area (Å²) in [5.41, 5.74) is 2.60. The maximum absolute atomic E-state index is 12.7. The molecule has 2 aromatic rings. The van der Waals surface area contributed by atoms with Crippen LogP contribution in [0.1, 0.15) is 42.8 Å². The van der Waals surface area contributed by atoms with Crippen molar-refractivity contribution >= 4 is 57.5 Å². The largest absolute Gasteiger partial charge is 0.477 e. The highest BCUT2D eigenvalue weighted by Gasteiger charge is 2.34. The normalized spacial score (nSPS) is 18.5. The Bertz CT molecular complexity index is 1040. The molecule has 0 saturated carbocycles. The summed E-state index contributed by atoms with van der Waals surface area (Å²) in [7, 11) is 2.75. The van der Waals surface area contributed by atoms with Crippen LogP contribution < -0.4 is 15.7 Å². The Morgan fingerprint density at radius 2 is 1.97 bits per heavy atom. The van der Waals surface area contributed by atoms with Gasteiger partial charge in [-0.1, -0.05) is 34.5 Å². The highest BCUT2D eigenvalue weighted by molar-refractivity contribution is 7.17. The summed E-state index contributed by atoms with van der Waals surface area (Å²) in [5.74, 6) is -2.43. The molecule has 3 rings (SSSR count). The van der Waals surface area contributed by atoms with Crippen molar-refractivity contribution in [2.24, 2.45) is 0 Å². The zero-order chi connectivity index (χ0) is 23.6. The number of hydroxylamine groups is 1. The number of methoxy groups -OCH3 is 1. The van der Waals surface area contributed by atoms with Crippen molar-refractivity contribution in [3.63, 3.8) is 0 Å². The van der Waals surface area contributed by atoms with Gasteiger partial charge in [0.1, 0.15) is 10.6 Å². The van der Waals surface area contributed by atoms with Crippen molar-refractivity contribution in [2.75, 3.05) is 32.2 Å². The molecular formula is C18H21Cl2N5O6S. The van der Waals surface area contributed by atoms with Gasteiger partial charge in [-0.2, -0.15) is 0 Å². The number of thiazole rings is 1. The number of carboxylic acids is 1. The molecular weight excluding hydrogens is 485 g/mol. The molecule has 0 spiro atoms. The molecule has 174 valence electrons. The van der Waals surface area contributed by atoms with Crippen molar-refractivity contribution in [2.45, 2.75) is 25.5 Å². The summed E-state index contributed by atoms with van der Waals surface area (Å²) in [6.07, 6.45) is 0.0584.